The Bertz CT molecular complexity index is 1380. The van der Waals surface area contributed by atoms with E-state index in [0.29, 0.717) is 36.5 Å². The molecular formula is C29H33N5O4. The molecule has 3 aromatic rings. The number of ether oxygens (including phenoxy) is 1. The molecule has 2 aromatic carbocycles. The van der Waals surface area contributed by atoms with Gasteiger partial charge in [0.05, 0.1) is 18.5 Å². The number of rotatable bonds is 6. The van der Waals surface area contributed by atoms with E-state index in [1.54, 1.807) is 31.5 Å². The van der Waals surface area contributed by atoms with Crippen LogP contribution in [0.2, 0.25) is 0 Å². The lowest BCUT2D eigenvalue weighted by atomic mass is 10.0. The van der Waals surface area contributed by atoms with Gasteiger partial charge in [0.15, 0.2) is 0 Å². The monoisotopic (exact) mass is 515 g/mol. The number of nitrogens with zero attached hydrogens (tertiary/aromatic N) is 2. The number of aromatic nitrogens is 1. The fourth-order valence-electron chi connectivity index (χ4n) is 5.07. The molecule has 3 heterocycles. The lowest BCUT2D eigenvalue weighted by molar-refractivity contribution is -0.131. The van der Waals surface area contributed by atoms with Gasteiger partial charge in [0.2, 0.25) is 11.8 Å². The third-order valence-corrected chi connectivity index (χ3v) is 7.06. The number of aromatic hydroxyl groups is 1. The molecule has 5 rings (SSSR count). The molecule has 1 fully saturated rings. The van der Waals surface area contributed by atoms with Gasteiger partial charge in [-0.05, 0) is 68.8 Å². The number of fused-ring (bicyclic) bond motifs is 1. The molecule has 0 saturated carbocycles. The average molecular weight is 516 g/mol. The van der Waals surface area contributed by atoms with E-state index in [4.69, 9.17) is 4.74 Å². The Morgan fingerprint density at radius 3 is 2.68 bits per heavy atom. The Labute approximate surface area is 222 Å². The normalized spacial score (nSPS) is 18.5. The minimum absolute atomic E-state index is 0.0953. The Balaban J connectivity index is 1.27. The molecular weight excluding hydrogens is 482 g/mol. The van der Waals surface area contributed by atoms with Gasteiger partial charge in [-0.1, -0.05) is 6.07 Å². The van der Waals surface area contributed by atoms with Crippen LogP contribution in [0.25, 0.3) is 11.1 Å². The number of methoxy groups -OCH3 is 1. The van der Waals surface area contributed by atoms with Crippen LogP contribution in [0.4, 0.5) is 11.4 Å². The third kappa shape index (κ3) is 4.96. The van der Waals surface area contributed by atoms with E-state index in [9.17, 15) is 14.7 Å². The first kappa shape index (κ1) is 25.4. The number of likely N-dealkylation sites (tertiary alicyclic amines) is 1. The average Bonchev–Trinajstić information content (AvgIpc) is 3.50. The summed E-state index contributed by atoms with van der Waals surface area (Å²) in [6, 6.07) is 14.5. The molecule has 198 valence electrons. The number of carbonyl (C=O) groups excluding carboxylic acids is 2. The van der Waals surface area contributed by atoms with Crippen molar-refractivity contribution in [2.24, 2.45) is 5.92 Å². The number of hydrogen-bond acceptors (Lipinski definition) is 7. The van der Waals surface area contributed by atoms with Crippen LogP contribution in [-0.2, 0) is 4.79 Å². The van der Waals surface area contributed by atoms with E-state index in [-0.39, 0.29) is 35.2 Å². The lowest BCUT2D eigenvalue weighted by Gasteiger charge is -2.32. The molecule has 2 aliphatic rings. The maximum Gasteiger partial charge on any atom is 0.251 e. The number of anilines is 2. The number of nitrogens with one attached hydrogen (secondary N) is 3. The molecule has 0 spiro atoms. The lowest BCUT2D eigenvalue weighted by Crippen LogP contribution is -2.42. The molecule has 1 aromatic heterocycles. The van der Waals surface area contributed by atoms with Crippen LogP contribution in [0.1, 0.15) is 49.3 Å². The summed E-state index contributed by atoms with van der Waals surface area (Å²) < 4.78 is 5.40. The summed E-state index contributed by atoms with van der Waals surface area (Å²) in [4.78, 5) is 31.4. The second-order valence-electron chi connectivity index (χ2n) is 10.8. The van der Waals surface area contributed by atoms with Gasteiger partial charge in [0, 0.05) is 53.9 Å². The first-order valence-electron chi connectivity index (χ1n) is 12.7. The zero-order valence-electron chi connectivity index (χ0n) is 22.0. The van der Waals surface area contributed by atoms with Gasteiger partial charge in [0.25, 0.3) is 5.91 Å². The molecule has 0 aliphatic carbocycles. The summed E-state index contributed by atoms with van der Waals surface area (Å²) in [5.41, 5.74) is 4.24. The van der Waals surface area contributed by atoms with Crippen molar-refractivity contribution in [1.82, 2.24) is 15.2 Å². The zero-order valence-corrected chi connectivity index (χ0v) is 22.0. The summed E-state index contributed by atoms with van der Waals surface area (Å²) in [5, 5.41) is 20.4. The summed E-state index contributed by atoms with van der Waals surface area (Å²) in [7, 11) is 1.57. The number of phenolic OH excluding ortho intramolecular Hbond substituents is 1. The van der Waals surface area contributed by atoms with Crippen LogP contribution in [0.5, 0.6) is 11.6 Å². The van der Waals surface area contributed by atoms with E-state index in [1.165, 1.54) is 0 Å². The number of hydrogen-bond donors (Lipinski definition) is 4. The van der Waals surface area contributed by atoms with Crippen LogP contribution < -0.4 is 20.7 Å². The highest BCUT2D eigenvalue weighted by Crippen LogP contribution is 2.40. The Hall–Kier alpha value is -4.27. The predicted molar refractivity (Wildman–Crippen MR) is 146 cm³/mol. The van der Waals surface area contributed by atoms with Gasteiger partial charge in [0.1, 0.15) is 11.9 Å². The Kier molecular flexibility index (Phi) is 6.60. The first-order valence-corrected chi connectivity index (χ1v) is 12.7. The van der Waals surface area contributed by atoms with Crippen molar-refractivity contribution < 1.29 is 19.4 Å². The predicted octanol–water partition coefficient (Wildman–Crippen LogP) is 4.38. The SMILES string of the molecule is COc1ncccc1-c1ccc(O)c(C2Nc3ccc(C(=O)NCC4CC(=O)N(C(C)(C)C)C4)cc3N2)c1. The largest absolute Gasteiger partial charge is 0.508 e. The number of phenols is 1. The molecule has 9 nitrogen and oxygen atoms in total. The molecule has 4 N–H and O–H groups in total. The fraction of sp³-hybridized carbons (Fsp3) is 0.345. The minimum Gasteiger partial charge on any atom is -0.508 e. The van der Waals surface area contributed by atoms with Crippen LogP contribution in [-0.4, -0.2) is 52.5 Å². The van der Waals surface area contributed by atoms with Gasteiger partial charge < -0.3 is 30.7 Å². The van der Waals surface area contributed by atoms with Crippen molar-refractivity contribution in [1.29, 1.82) is 0 Å². The fourth-order valence-corrected chi connectivity index (χ4v) is 5.07. The van der Waals surface area contributed by atoms with Crippen LogP contribution >= 0.6 is 0 Å². The highest BCUT2D eigenvalue weighted by Gasteiger charge is 2.36. The maximum atomic E-state index is 12.9. The van der Waals surface area contributed by atoms with E-state index >= 15 is 0 Å². The van der Waals surface area contributed by atoms with Crippen molar-refractivity contribution in [3.63, 3.8) is 0 Å². The van der Waals surface area contributed by atoms with Gasteiger partial charge in [-0.25, -0.2) is 4.98 Å². The Morgan fingerprint density at radius 1 is 1.16 bits per heavy atom. The molecule has 0 bridgehead atoms. The molecule has 1 saturated heterocycles. The molecule has 2 aliphatic heterocycles. The second kappa shape index (κ2) is 9.89. The standard InChI is InChI=1S/C29H33N5O4/c1-29(2,3)34-16-17(12-25(34)36)15-31-27(37)19-7-9-22-23(14-19)33-26(32-22)21-13-18(8-10-24(21)35)20-6-5-11-30-28(20)38-4/h5-11,13-14,17,26,32-33,35H,12,15-16H2,1-4H3,(H,31,37). The van der Waals surface area contributed by atoms with Gasteiger partial charge in [-0.15, -0.1) is 0 Å². The first-order chi connectivity index (χ1) is 18.1. The van der Waals surface area contributed by atoms with E-state index < -0.39 is 0 Å². The van der Waals surface area contributed by atoms with E-state index in [0.717, 1.165) is 22.5 Å². The summed E-state index contributed by atoms with van der Waals surface area (Å²) in [6.07, 6.45) is 1.73. The van der Waals surface area contributed by atoms with Crippen molar-refractivity contribution in [3.8, 4) is 22.8 Å². The topological polar surface area (TPSA) is 116 Å². The highest BCUT2D eigenvalue weighted by atomic mass is 16.5. The van der Waals surface area contributed by atoms with Crippen molar-refractivity contribution in [2.75, 3.05) is 30.8 Å². The molecule has 9 heteroatoms. The zero-order chi connectivity index (χ0) is 27.0. The summed E-state index contributed by atoms with van der Waals surface area (Å²) in [6.45, 7) is 7.16. The van der Waals surface area contributed by atoms with E-state index in [1.807, 2.05) is 56.0 Å². The van der Waals surface area contributed by atoms with Crippen LogP contribution in [0.3, 0.4) is 0 Å². The molecule has 2 unspecified atom stereocenters. The smallest absolute Gasteiger partial charge is 0.251 e. The van der Waals surface area contributed by atoms with Crippen molar-refractivity contribution >= 4 is 23.2 Å². The number of amides is 2. The quantitative estimate of drug-likeness (QED) is 0.385. The number of pyridine rings is 1. The number of benzene rings is 2. The minimum atomic E-state index is -0.390. The molecule has 38 heavy (non-hydrogen) atoms. The van der Waals surface area contributed by atoms with Gasteiger partial charge in [-0.3, -0.25) is 9.59 Å². The van der Waals surface area contributed by atoms with Crippen molar-refractivity contribution in [2.45, 2.75) is 38.9 Å². The second-order valence-corrected chi connectivity index (χ2v) is 10.8. The van der Waals surface area contributed by atoms with Crippen molar-refractivity contribution in [3.05, 3.63) is 65.9 Å². The maximum absolute atomic E-state index is 12.9. The van der Waals surface area contributed by atoms with Gasteiger partial charge >= 0.3 is 0 Å². The molecule has 2 amide bonds. The number of carbonyl (C=O) groups is 2. The summed E-state index contributed by atoms with van der Waals surface area (Å²) in [5.74, 6) is 0.683. The van der Waals surface area contributed by atoms with Crippen LogP contribution in [0.15, 0.2) is 54.7 Å². The van der Waals surface area contributed by atoms with E-state index in [2.05, 4.69) is 20.9 Å². The van der Waals surface area contributed by atoms with Crippen LogP contribution in [0, 0.1) is 5.92 Å². The Morgan fingerprint density at radius 2 is 1.95 bits per heavy atom. The molecule has 0 radical (unpaired) electrons. The third-order valence-electron chi connectivity index (χ3n) is 7.06. The van der Waals surface area contributed by atoms with Gasteiger partial charge in [-0.2, -0.15) is 0 Å². The highest BCUT2D eigenvalue weighted by molar-refractivity contribution is 5.97. The molecule has 2 atom stereocenters. The summed E-state index contributed by atoms with van der Waals surface area (Å²) >= 11 is 0.